The van der Waals surface area contributed by atoms with Crippen molar-refractivity contribution in [3.63, 3.8) is 0 Å². The molecule has 0 spiro atoms. The minimum atomic E-state index is -0.208. The van der Waals surface area contributed by atoms with Gasteiger partial charge in [0.05, 0.1) is 17.6 Å². The number of amides is 1. The Morgan fingerprint density at radius 1 is 1.24 bits per heavy atom. The molecule has 25 heavy (non-hydrogen) atoms. The van der Waals surface area contributed by atoms with Crippen LogP contribution in [-0.4, -0.2) is 28.9 Å². The highest BCUT2D eigenvalue weighted by Crippen LogP contribution is 2.23. The Morgan fingerprint density at radius 3 is 2.88 bits per heavy atom. The third-order valence-corrected chi connectivity index (χ3v) is 4.27. The maximum Gasteiger partial charge on any atom is 0.230 e. The van der Waals surface area contributed by atoms with Crippen LogP contribution in [0.2, 0.25) is 0 Å². The maximum absolute atomic E-state index is 12.4. The number of likely N-dealkylation sites (tertiary alicyclic amines) is 1. The van der Waals surface area contributed by atoms with Gasteiger partial charge in [0, 0.05) is 19.3 Å². The third kappa shape index (κ3) is 3.94. The van der Waals surface area contributed by atoms with Crippen LogP contribution in [0.1, 0.15) is 18.4 Å². The molecule has 2 heterocycles. The Bertz CT molecular complexity index is 865. The lowest BCUT2D eigenvalue weighted by Crippen LogP contribution is -2.38. The molecule has 1 N–H and O–H groups in total. The normalized spacial score (nSPS) is 16.6. The van der Waals surface area contributed by atoms with E-state index in [9.17, 15) is 4.79 Å². The van der Waals surface area contributed by atoms with Gasteiger partial charge in [0.1, 0.15) is 5.82 Å². The van der Waals surface area contributed by atoms with E-state index in [4.69, 9.17) is 10.5 Å². The van der Waals surface area contributed by atoms with Crippen molar-refractivity contribution in [1.82, 2.24) is 9.88 Å². The van der Waals surface area contributed by atoms with Crippen molar-refractivity contribution in [2.75, 3.05) is 18.4 Å². The fourth-order valence-electron chi connectivity index (χ4n) is 2.96. The molecule has 0 saturated carbocycles. The third-order valence-electron chi connectivity index (χ3n) is 4.27. The topological polar surface area (TPSA) is 92.8 Å². The van der Waals surface area contributed by atoms with Gasteiger partial charge in [-0.25, -0.2) is 4.98 Å². The van der Waals surface area contributed by atoms with Crippen LogP contribution >= 0.6 is 0 Å². The Morgan fingerprint density at radius 2 is 2.08 bits per heavy atom. The van der Waals surface area contributed by atoms with Crippen molar-refractivity contribution in [3.05, 3.63) is 48.2 Å². The van der Waals surface area contributed by atoms with Crippen LogP contribution in [0.15, 0.2) is 42.6 Å². The number of hydrogen-bond donors (Lipinski definition) is 1. The molecule has 2 aromatic rings. The van der Waals surface area contributed by atoms with E-state index >= 15 is 0 Å². The number of carbonyl (C=O) groups excluding carboxylic acids is 1. The van der Waals surface area contributed by atoms with Crippen molar-refractivity contribution in [2.45, 2.75) is 12.8 Å². The van der Waals surface area contributed by atoms with Crippen molar-refractivity contribution in [2.24, 2.45) is 5.92 Å². The summed E-state index contributed by atoms with van der Waals surface area (Å²) in [5.74, 6) is 0.148. The molecule has 1 aromatic heterocycles. The first-order valence-corrected chi connectivity index (χ1v) is 8.12. The fourth-order valence-corrected chi connectivity index (χ4v) is 2.96. The van der Waals surface area contributed by atoms with E-state index < -0.39 is 0 Å². The first-order chi connectivity index (χ1) is 12.2. The zero-order valence-corrected chi connectivity index (χ0v) is 13.6. The minimum Gasteiger partial charge on any atom is -0.310 e. The molecule has 1 fully saturated rings. The van der Waals surface area contributed by atoms with E-state index in [1.165, 1.54) is 0 Å². The van der Waals surface area contributed by atoms with Crippen LogP contribution < -0.4 is 5.32 Å². The molecule has 0 unspecified atom stereocenters. The van der Waals surface area contributed by atoms with Crippen LogP contribution in [-0.2, 0) is 4.79 Å². The van der Waals surface area contributed by atoms with E-state index in [0.29, 0.717) is 24.5 Å². The predicted octanol–water partition coefficient (Wildman–Crippen LogP) is 2.75. The second-order valence-corrected chi connectivity index (χ2v) is 6.00. The van der Waals surface area contributed by atoms with E-state index in [0.717, 1.165) is 24.0 Å². The highest BCUT2D eigenvalue weighted by atomic mass is 16.2. The Kier molecular flexibility index (Phi) is 4.92. The summed E-state index contributed by atoms with van der Waals surface area (Å²) >= 11 is 0. The first kappa shape index (κ1) is 16.5. The number of rotatable bonds is 3. The molecule has 6 heteroatoms. The van der Waals surface area contributed by atoms with Gasteiger partial charge in [-0.1, -0.05) is 12.1 Å². The van der Waals surface area contributed by atoms with Gasteiger partial charge in [0.2, 0.25) is 5.91 Å². The van der Waals surface area contributed by atoms with Gasteiger partial charge in [-0.2, -0.15) is 10.5 Å². The first-order valence-electron chi connectivity index (χ1n) is 8.12. The fraction of sp³-hybridized carbons (Fsp3) is 0.263. The zero-order chi connectivity index (χ0) is 17.6. The number of benzene rings is 1. The number of piperidine rings is 1. The molecule has 0 radical (unpaired) electrons. The average molecular weight is 331 g/mol. The van der Waals surface area contributed by atoms with Gasteiger partial charge in [-0.3, -0.25) is 4.79 Å². The van der Waals surface area contributed by atoms with Crippen molar-refractivity contribution >= 4 is 11.7 Å². The smallest absolute Gasteiger partial charge is 0.230 e. The largest absolute Gasteiger partial charge is 0.310 e. The van der Waals surface area contributed by atoms with Crippen LogP contribution in [0.3, 0.4) is 0 Å². The summed E-state index contributed by atoms with van der Waals surface area (Å²) in [4.78, 5) is 18.3. The lowest BCUT2D eigenvalue weighted by atomic mass is 9.97. The van der Waals surface area contributed by atoms with Crippen molar-refractivity contribution in [1.29, 1.82) is 10.5 Å². The zero-order valence-electron chi connectivity index (χ0n) is 13.6. The summed E-state index contributed by atoms with van der Waals surface area (Å²) in [6.45, 7) is 1.16. The molecule has 1 atom stereocenters. The molecule has 0 aliphatic carbocycles. The van der Waals surface area contributed by atoms with Crippen LogP contribution in [0, 0.1) is 28.7 Å². The van der Waals surface area contributed by atoms with E-state index in [1.807, 2.05) is 18.2 Å². The van der Waals surface area contributed by atoms with Gasteiger partial charge in [0.15, 0.2) is 6.19 Å². The lowest BCUT2D eigenvalue weighted by Gasteiger charge is -2.27. The van der Waals surface area contributed by atoms with E-state index in [2.05, 4.69) is 22.6 Å². The Hall–Kier alpha value is -3.38. The Balaban J connectivity index is 1.74. The number of nitriles is 2. The van der Waals surface area contributed by atoms with E-state index in [-0.39, 0.29) is 11.8 Å². The van der Waals surface area contributed by atoms with Crippen molar-refractivity contribution < 1.29 is 4.79 Å². The van der Waals surface area contributed by atoms with E-state index in [1.54, 1.807) is 29.3 Å². The number of pyridine rings is 1. The van der Waals surface area contributed by atoms with Gasteiger partial charge < -0.3 is 10.2 Å². The second-order valence-electron chi connectivity index (χ2n) is 6.00. The monoisotopic (exact) mass is 331 g/mol. The maximum atomic E-state index is 12.4. The summed E-state index contributed by atoms with van der Waals surface area (Å²) in [6, 6.07) is 13.0. The number of nitrogens with zero attached hydrogens (tertiary/aromatic N) is 4. The number of carbonyl (C=O) groups is 1. The average Bonchev–Trinajstić information content (AvgIpc) is 2.68. The van der Waals surface area contributed by atoms with Gasteiger partial charge in [0.25, 0.3) is 0 Å². The summed E-state index contributed by atoms with van der Waals surface area (Å²) in [6.07, 6.45) is 5.34. The number of aromatic nitrogens is 1. The number of nitrogens with one attached hydrogen (secondary N) is 1. The lowest BCUT2D eigenvalue weighted by molar-refractivity contribution is -0.121. The highest BCUT2D eigenvalue weighted by molar-refractivity contribution is 5.92. The van der Waals surface area contributed by atoms with Gasteiger partial charge in [-0.15, -0.1) is 0 Å². The number of hydrogen-bond acceptors (Lipinski definition) is 5. The van der Waals surface area contributed by atoms with Crippen molar-refractivity contribution in [3.8, 4) is 23.4 Å². The van der Waals surface area contributed by atoms with Gasteiger partial charge in [-0.05, 0) is 48.2 Å². The quantitative estimate of drug-likeness (QED) is 0.873. The summed E-state index contributed by atoms with van der Waals surface area (Å²) in [5, 5.41) is 20.9. The van der Waals surface area contributed by atoms with Crippen LogP contribution in [0.25, 0.3) is 11.1 Å². The molecule has 1 aromatic carbocycles. The summed E-state index contributed by atoms with van der Waals surface area (Å²) < 4.78 is 0. The molecule has 1 aliphatic heterocycles. The standard InChI is InChI=1S/C19H17N5O/c20-11-14-3-1-4-15(9-14)16-6-7-22-18(10-16)23-19(25)17-5-2-8-24(12-17)13-21/h1,3-4,6-7,9-10,17H,2,5,8,12H2,(H,22,23,25)/t17-/m1/s1. The molecular formula is C19H17N5O. The summed E-state index contributed by atoms with van der Waals surface area (Å²) in [5.41, 5.74) is 2.36. The van der Waals surface area contributed by atoms with Crippen LogP contribution in [0.4, 0.5) is 5.82 Å². The predicted molar refractivity (Wildman–Crippen MR) is 92.9 cm³/mol. The molecular weight excluding hydrogens is 314 g/mol. The summed E-state index contributed by atoms with van der Waals surface area (Å²) in [7, 11) is 0. The molecule has 3 rings (SSSR count). The Labute approximate surface area is 146 Å². The molecule has 6 nitrogen and oxygen atoms in total. The minimum absolute atomic E-state index is 0.115. The molecule has 1 saturated heterocycles. The molecule has 1 amide bonds. The van der Waals surface area contributed by atoms with Gasteiger partial charge >= 0.3 is 0 Å². The highest BCUT2D eigenvalue weighted by Gasteiger charge is 2.25. The molecule has 1 aliphatic rings. The van der Waals surface area contributed by atoms with Crippen LogP contribution in [0.5, 0.6) is 0 Å². The number of anilines is 1. The molecule has 124 valence electrons. The SMILES string of the molecule is N#Cc1cccc(-c2ccnc(NC(=O)[C@@H]3CCCN(C#N)C3)c2)c1. The molecule has 0 bridgehead atoms. The second kappa shape index (κ2) is 7.46.